The molecule has 0 spiro atoms. The van der Waals surface area contributed by atoms with Gasteiger partial charge in [-0.1, -0.05) is 41.5 Å². The Hall–Kier alpha value is -3.52. The van der Waals surface area contributed by atoms with Gasteiger partial charge in [-0.2, -0.15) is 5.26 Å². The summed E-state index contributed by atoms with van der Waals surface area (Å²) in [7, 11) is 1.29. The predicted octanol–water partition coefficient (Wildman–Crippen LogP) is 4.00. The Morgan fingerprint density at radius 1 is 1.12 bits per heavy atom. The minimum atomic E-state index is -0.583. The van der Waals surface area contributed by atoms with Crippen molar-refractivity contribution in [3.63, 3.8) is 0 Å². The average Bonchev–Trinajstić information content (AvgIpc) is 2.97. The van der Waals surface area contributed by atoms with Crippen LogP contribution in [0.2, 0.25) is 0 Å². The van der Waals surface area contributed by atoms with E-state index in [1.54, 1.807) is 10.8 Å². The molecule has 3 aromatic rings. The van der Waals surface area contributed by atoms with E-state index in [0.29, 0.717) is 0 Å². The van der Waals surface area contributed by atoms with E-state index in [1.807, 2.05) is 30.3 Å². The number of hydrogen-bond donors (Lipinski definition) is 1. The van der Waals surface area contributed by atoms with Gasteiger partial charge in [-0.05, 0) is 37.1 Å². The molecule has 0 saturated heterocycles. The van der Waals surface area contributed by atoms with E-state index in [2.05, 4.69) is 32.0 Å². The number of hydrogen-bond acceptors (Lipinski definition) is 4. The number of rotatable bonds is 3. The number of benzene rings is 2. The molecule has 3 rings (SSSR count). The third-order valence-corrected chi connectivity index (χ3v) is 4.22. The topological polar surface area (TPSA) is 81.0 Å². The number of ether oxygens (including phenoxy) is 1. The van der Waals surface area contributed by atoms with Crippen LogP contribution in [0.5, 0.6) is 0 Å². The summed E-state index contributed by atoms with van der Waals surface area (Å²) in [5.41, 5.74) is 11.7. The van der Waals surface area contributed by atoms with Crippen LogP contribution in [0.1, 0.15) is 27.2 Å². The Bertz CT molecular complexity index is 1020. The standard InChI is InChI=1S/C21H19N3O2/c1-13-7-14(2)9-16(8-13)15-5-4-6-18(10-15)24-12-17(11-22)19(23)20(24)21(25)26-3/h4-10,12H,23H2,1-3H3. The number of nitrogen functional groups attached to an aromatic ring is 1. The molecule has 5 heteroatoms. The summed E-state index contributed by atoms with van der Waals surface area (Å²) in [5.74, 6) is -0.583. The highest BCUT2D eigenvalue weighted by Crippen LogP contribution is 2.28. The molecule has 0 radical (unpaired) electrons. The van der Waals surface area contributed by atoms with E-state index in [-0.39, 0.29) is 16.9 Å². The normalized spacial score (nSPS) is 10.4. The monoisotopic (exact) mass is 345 g/mol. The van der Waals surface area contributed by atoms with E-state index >= 15 is 0 Å². The lowest BCUT2D eigenvalue weighted by Gasteiger charge is -2.11. The van der Waals surface area contributed by atoms with Gasteiger partial charge in [-0.15, -0.1) is 0 Å². The van der Waals surface area contributed by atoms with Crippen LogP contribution in [0.15, 0.2) is 48.7 Å². The quantitative estimate of drug-likeness (QED) is 0.728. The van der Waals surface area contributed by atoms with Crippen molar-refractivity contribution >= 4 is 11.7 Å². The number of aryl methyl sites for hydroxylation is 2. The largest absolute Gasteiger partial charge is 0.464 e. The Morgan fingerprint density at radius 3 is 2.42 bits per heavy atom. The van der Waals surface area contributed by atoms with E-state index in [1.165, 1.54) is 18.2 Å². The number of esters is 1. The predicted molar refractivity (Wildman–Crippen MR) is 101 cm³/mol. The molecule has 0 aliphatic rings. The molecule has 0 fully saturated rings. The molecule has 0 atom stereocenters. The van der Waals surface area contributed by atoms with Crippen LogP contribution >= 0.6 is 0 Å². The van der Waals surface area contributed by atoms with Crippen LogP contribution in [-0.2, 0) is 4.74 Å². The maximum absolute atomic E-state index is 12.2. The molecule has 0 unspecified atom stereocenters. The zero-order valence-corrected chi connectivity index (χ0v) is 14.9. The molecule has 2 aromatic carbocycles. The lowest BCUT2D eigenvalue weighted by atomic mass is 10.0. The lowest BCUT2D eigenvalue weighted by molar-refractivity contribution is 0.0593. The zero-order valence-electron chi connectivity index (χ0n) is 14.9. The van der Waals surface area contributed by atoms with Crippen molar-refractivity contribution in [2.45, 2.75) is 13.8 Å². The Morgan fingerprint density at radius 2 is 1.81 bits per heavy atom. The smallest absolute Gasteiger partial charge is 0.357 e. The third kappa shape index (κ3) is 3.05. The molecule has 1 heterocycles. The molecule has 0 aliphatic carbocycles. The molecule has 130 valence electrons. The lowest BCUT2D eigenvalue weighted by Crippen LogP contribution is -2.11. The van der Waals surface area contributed by atoms with Gasteiger partial charge >= 0.3 is 5.97 Å². The maximum Gasteiger partial charge on any atom is 0.357 e. The Labute approximate surface area is 152 Å². The fraction of sp³-hybridized carbons (Fsp3) is 0.143. The number of anilines is 1. The van der Waals surface area contributed by atoms with E-state index < -0.39 is 5.97 Å². The van der Waals surface area contributed by atoms with Crippen LogP contribution in [0, 0.1) is 25.2 Å². The highest BCUT2D eigenvalue weighted by atomic mass is 16.5. The number of nitrogens with two attached hydrogens (primary N) is 1. The number of nitrogens with zero attached hydrogens (tertiary/aromatic N) is 2. The first-order valence-electron chi connectivity index (χ1n) is 8.13. The van der Waals surface area contributed by atoms with Crippen LogP contribution in [0.4, 0.5) is 5.69 Å². The summed E-state index contributed by atoms with van der Waals surface area (Å²) >= 11 is 0. The van der Waals surface area contributed by atoms with E-state index in [9.17, 15) is 10.1 Å². The highest BCUT2D eigenvalue weighted by Gasteiger charge is 2.21. The van der Waals surface area contributed by atoms with Gasteiger partial charge in [0, 0.05) is 11.9 Å². The molecule has 26 heavy (non-hydrogen) atoms. The molecule has 0 amide bonds. The van der Waals surface area contributed by atoms with Crippen LogP contribution in [0.3, 0.4) is 0 Å². The Kier molecular flexibility index (Phi) is 4.51. The first-order chi connectivity index (χ1) is 12.4. The fourth-order valence-corrected chi connectivity index (χ4v) is 3.09. The highest BCUT2D eigenvalue weighted by molar-refractivity contribution is 5.96. The van der Waals surface area contributed by atoms with Crippen LogP contribution in [0.25, 0.3) is 16.8 Å². The first kappa shape index (κ1) is 17.3. The third-order valence-electron chi connectivity index (χ3n) is 4.22. The molecule has 0 aliphatic heterocycles. The summed E-state index contributed by atoms with van der Waals surface area (Å²) in [6.07, 6.45) is 1.56. The van der Waals surface area contributed by atoms with Crippen molar-refractivity contribution in [1.29, 1.82) is 5.26 Å². The molecule has 1 aromatic heterocycles. The van der Waals surface area contributed by atoms with Crippen molar-refractivity contribution in [3.05, 3.63) is 71.0 Å². The van der Waals surface area contributed by atoms with Crippen LogP contribution in [-0.4, -0.2) is 17.6 Å². The van der Waals surface area contributed by atoms with Crippen molar-refractivity contribution in [2.75, 3.05) is 12.8 Å². The molecule has 0 bridgehead atoms. The van der Waals surface area contributed by atoms with Gasteiger partial charge in [0.25, 0.3) is 0 Å². The van der Waals surface area contributed by atoms with Gasteiger partial charge in [0.2, 0.25) is 0 Å². The SMILES string of the molecule is COC(=O)c1c(N)c(C#N)cn1-c1cccc(-c2cc(C)cc(C)c2)c1. The van der Waals surface area contributed by atoms with Crippen molar-refractivity contribution < 1.29 is 9.53 Å². The van der Waals surface area contributed by atoms with Crippen molar-refractivity contribution in [1.82, 2.24) is 4.57 Å². The minimum Gasteiger partial charge on any atom is -0.464 e. The first-order valence-corrected chi connectivity index (χ1v) is 8.13. The summed E-state index contributed by atoms with van der Waals surface area (Å²) < 4.78 is 6.44. The molecule has 0 saturated carbocycles. The van der Waals surface area contributed by atoms with Gasteiger partial charge in [0.15, 0.2) is 5.69 Å². The zero-order chi connectivity index (χ0) is 18.8. The number of aromatic nitrogens is 1. The molecular formula is C21H19N3O2. The average molecular weight is 345 g/mol. The van der Waals surface area contributed by atoms with E-state index in [0.717, 1.165) is 16.8 Å². The van der Waals surface area contributed by atoms with Crippen molar-refractivity contribution in [2.24, 2.45) is 0 Å². The van der Waals surface area contributed by atoms with Crippen molar-refractivity contribution in [3.8, 4) is 22.9 Å². The Balaban J connectivity index is 2.18. The molecule has 5 nitrogen and oxygen atoms in total. The fourth-order valence-electron chi connectivity index (χ4n) is 3.09. The summed E-state index contributed by atoms with van der Waals surface area (Å²) in [5, 5.41) is 9.26. The van der Waals surface area contributed by atoms with Gasteiger partial charge in [-0.3, -0.25) is 0 Å². The van der Waals surface area contributed by atoms with E-state index in [4.69, 9.17) is 10.5 Å². The second-order valence-electron chi connectivity index (χ2n) is 6.21. The van der Waals surface area contributed by atoms with Gasteiger partial charge in [0.05, 0.1) is 18.4 Å². The number of carbonyl (C=O) groups excluding carboxylic acids is 1. The summed E-state index contributed by atoms with van der Waals surface area (Å²) in [4.78, 5) is 12.2. The molecule has 2 N–H and O–H groups in total. The number of methoxy groups -OCH3 is 1. The van der Waals surface area contributed by atoms with Gasteiger partial charge in [-0.25, -0.2) is 4.79 Å². The van der Waals surface area contributed by atoms with Gasteiger partial charge < -0.3 is 15.0 Å². The summed E-state index contributed by atoms with van der Waals surface area (Å²) in [6.45, 7) is 4.11. The minimum absolute atomic E-state index is 0.121. The van der Waals surface area contributed by atoms with Gasteiger partial charge in [0.1, 0.15) is 6.07 Å². The summed E-state index contributed by atoms with van der Waals surface area (Å²) in [6, 6.07) is 16.1. The number of carbonyl (C=O) groups is 1. The van der Waals surface area contributed by atoms with Crippen LogP contribution < -0.4 is 5.73 Å². The number of nitriles is 1. The second kappa shape index (κ2) is 6.77. The maximum atomic E-state index is 12.2. The second-order valence-corrected chi connectivity index (χ2v) is 6.21. The molecular weight excluding hydrogens is 326 g/mol.